The van der Waals surface area contributed by atoms with E-state index in [2.05, 4.69) is 9.82 Å². The van der Waals surface area contributed by atoms with E-state index in [1.807, 2.05) is 0 Å². The normalized spacial score (nSPS) is 11.7. The Hall–Kier alpha value is -1.08. The first kappa shape index (κ1) is 14.3. The highest BCUT2D eigenvalue weighted by atomic mass is 35.5. The topological polar surface area (TPSA) is 64.0 Å². The fraction of sp³-hybridized carbons (Fsp3) is 0.182. The minimum atomic E-state index is -3.59. The SMILES string of the molecule is CCNS(=O)(=O)c1ccnn1-c1ccc(Cl)c(Cl)c1. The molecule has 0 aliphatic carbocycles. The van der Waals surface area contributed by atoms with E-state index in [-0.39, 0.29) is 5.03 Å². The van der Waals surface area contributed by atoms with E-state index >= 15 is 0 Å². The van der Waals surface area contributed by atoms with E-state index in [0.29, 0.717) is 22.3 Å². The molecule has 8 heteroatoms. The first-order valence-electron chi connectivity index (χ1n) is 5.45. The Bertz CT molecular complexity index is 698. The van der Waals surface area contributed by atoms with Crippen LogP contribution in [0.15, 0.2) is 35.5 Å². The molecule has 0 aliphatic heterocycles. The molecule has 2 aromatic rings. The lowest BCUT2D eigenvalue weighted by molar-refractivity contribution is 0.573. The van der Waals surface area contributed by atoms with E-state index in [4.69, 9.17) is 23.2 Å². The summed E-state index contributed by atoms with van der Waals surface area (Å²) < 4.78 is 27.7. The minimum absolute atomic E-state index is 0.0488. The van der Waals surface area contributed by atoms with Crippen molar-refractivity contribution >= 4 is 33.2 Å². The summed E-state index contributed by atoms with van der Waals surface area (Å²) in [5.74, 6) is 0. The van der Waals surface area contributed by atoms with Crippen molar-refractivity contribution < 1.29 is 8.42 Å². The van der Waals surface area contributed by atoms with Gasteiger partial charge in [-0.2, -0.15) is 5.10 Å². The quantitative estimate of drug-likeness (QED) is 0.941. The zero-order chi connectivity index (χ0) is 14.0. The van der Waals surface area contributed by atoms with Gasteiger partial charge in [0.1, 0.15) is 0 Å². The smallest absolute Gasteiger partial charge is 0.221 e. The maximum atomic E-state index is 12.0. The number of benzene rings is 1. The Balaban J connectivity index is 2.53. The van der Waals surface area contributed by atoms with E-state index < -0.39 is 10.0 Å². The molecular weight excluding hydrogens is 309 g/mol. The molecule has 0 atom stereocenters. The van der Waals surface area contributed by atoms with Crippen molar-refractivity contribution in [1.29, 1.82) is 0 Å². The minimum Gasteiger partial charge on any atom is -0.221 e. The highest BCUT2D eigenvalue weighted by Gasteiger charge is 2.19. The van der Waals surface area contributed by atoms with Crippen LogP contribution in [0.3, 0.4) is 0 Å². The van der Waals surface area contributed by atoms with Crippen LogP contribution < -0.4 is 4.72 Å². The molecule has 0 spiro atoms. The third-order valence-electron chi connectivity index (χ3n) is 2.37. The summed E-state index contributed by atoms with van der Waals surface area (Å²) in [4.78, 5) is 0. The fourth-order valence-electron chi connectivity index (χ4n) is 1.57. The summed E-state index contributed by atoms with van der Waals surface area (Å²) in [5.41, 5.74) is 0.524. The molecule has 0 unspecified atom stereocenters. The second-order valence-electron chi connectivity index (χ2n) is 3.68. The number of aromatic nitrogens is 2. The zero-order valence-electron chi connectivity index (χ0n) is 9.97. The Morgan fingerprint density at radius 2 is 2.00 bits per heavy atom. The summed E-state index contributed by atoms with van der Waals surface area (Å²) in [6, 6.07) is 6.21. The van der Waals surface area contributed by atoms with Gasteiger partial charge in [0.2, 0.25) is 0 Å². The summed E-state index contributed by atoms with van der Waals surface area (Å²) >= 11 is 11.7. The largest absolute Gasteiger partial charge is 0.258 e. The van der Waals surface area contributed by atoms with E-state index in [0.717, 1.165) is 0 Å². The summed E-state index contributed by atoms with van der Waals surface area (Å²) in [6.07, 6.45) is 1.41. The number of sulfonamides is 1. The van der Waals surface area contributed by atoms with E-state index in [1.165, 1.54) is 16.9 Å². The van der Waals surface area contributed by atoms with Crippen molar-refractivity contribution in [3.8, 4) is 5.69 Å². The van der Waals surface area contributed by atoms with Crippen LogP contribution in [0.4, 0.5) is 0 Å². The van der Waals surface area contributed by atoms with Gasteiger partial charge in [-0.15, -0.1) is 0 Å². The summed E-state index contributed by atoms with van der Waals surface area (Å²) in [6.45, 7) is 2.01. The molecule has 1 N–H and O–H groups in total. The van der Waals surface area contributed by atoms with Crippen LogP contribution in [0.5, 0.6) is 0 Å². The van der Waals surface area contributed by atoms with Crippen LogP contribution in [0, 0.1) is 0 Å². The highest BCUT2D eigenvalue weighted by Crippen LogP contribution is 2.25. The Morgan fingerprint density at radius 1 is 1.26 bits per heavy atom. The van der Waals surface area contributed by atoms with Gasteiger partial charge in [0.15, 0.2) is 5.03 Å². The van der Waals surface area contributed by atoms with Crippen molar-refractivity contribution in [1.82, 2.24) is 14.5 Å². The average Bonchev–Trinajstić information content (AvgIpc) is 2.82. The first-order valence-corrected chi connectivity index (χ1v) is 7.68. The number of halogens is 2. The lowest BCUT2D eigenvalue weighted by Gasteiger charge is -2.09. The van der Waals surface area contributed by atoms with E-state index in [1.54, 1.807) is 25.1 Å². The van der Waals surface area contributed by atoms with Gasteiger partial charge in [0, 0.05) is 6.54 Å². The predicted octanol–water partition coefficient (Wildman–Crippen LogP) is 2.48. The maximum Gasteiger partial charge on any atom is 0.258 e. The second kappa shape index (κ2) is 5.50. The highest BCUT2D eigenvalue weighted by molar-refractivity contribution is 7.89. The zero-order valence-corrected chi connectivity index (χ0v) is 12.3. The predicted molar refractivity (Wildman–Crippen MR) is 74.4 cm³/mol. The van der Waals surface area contributed by atoms with Crippen molar-refractivity contribution in [2.75, 3.05) is 6.54 Å². The number of hydrogen-bond acceptors (Lipinski definition) is 3. The van der Waals surface area contributed by atoms with Gasteiger partial charge in [-0.1, -0.05) is 30.1 Å². The monoisotopic (exact) mass is 319 g/mol. The molecule has 0 saturated carbocycles. The van der Waals surface area contributed by atoms with Crippen molar-refractivity contribution in [3.63, 3.8) is 0 Å². The molecule has 0 amide bonds. The lowest BCUT2D eigenvalue weighted by atomic mass is 10.3. The molecule has 0 saturated heterocycles. The number of nitrogens with one attached hydrogen (secondary N) is 1. The average molecular weight is 320 g/mol. The van der Waals surface area contributed by atoms with Crippen LogP contribution in [0.1, 0.15) is 6.92 Å². The van der Waals surface area contributed by atoms with Gasteiger partial charge < -0.3 is 0 Å². The van der Waals surface area contributed by atoms with Crippen LogP contribution in [-0.2, 0) is 10.0 Å². The van der Waals surface area contributed by atoms with Crippen molar-refractivity contribution in [2.24, 2.45) is 0 Å². The van der Waals surface area contributed by atoms with Crippen molar-refractivity contribution in [2.45, 2.75) is 11.9 Å². The molecule has 1 aromatic heterocycles. The van der Waals surface area contributed by atoms with Crippen LogP contribution >= 0.6 is 23.2 Å². The molecule has 5 nitrogen and oxygen atoms in total. The van der Waals surface area contributed by atoms with E-state index in [9.17, 15) is 8.42 Å². The molecule has 19 heavy (non-hydrogen) atoms. The number of hydrogen-bond donors (Lipinski definition) is 1. The molecule has 102 valence electrons. The molecule has 0 fully saturated rings. The van der Waals surface area contributed by atoms with Gasteiger partial charge in [-0.3, -0.25) is 0 Å². The van der Waals surface area contributed by atoms with Gasteiger partial charge in [0.05, 0.1) is 21.9 Å². The molecule has 0 bridgehead atoms. The molecule has 1 heterocycles. The summed E-state index contributed by atoms with van der Waals surface area (Å²) in [7, 11) is -3.59. The Kier molecular flexibility index (Phi) is 4.15. The molecule has 0 radical (unpaired) electrons. The third kappa shape index (κ3) is 2.92. The second-order valence-corrected chi connectivity index (χ2v) is 6.21. The van der Waals surface area contributed by atoms with Gasteiger partial charge >= 0.3 is 0 Å². The molecule has 2 rings (SSSR count). The summed E-state index contributed by atoms with van der Waals surface area (Å²) in [5, 5.41) is 4.78. The first-order chi connectivity index (χ1) is 8.95. The van der Waals surface area contributed by atoms with Gasteiger partial charge in [-0.25, -0.2) is 17.8 Å². The molecule has 1 aromatic carbocycles. The third-order valence-corrected chi connectivity index (χ3v) is 4.63. The Morgan fingerprint density at radius 3 is 2.63 bits per heavy atom. The van der Waals surface area contributed by atoms with Crippen LogP contribution in [0.2, 0.25) is 10.0 Å². The number of rotatable bonds is 4. The fourth-order valence-corrected chi connectivity index (χ4v) is 3.01. The van der Waals surface area contributed by atoms with Gasteiger partial charge in [0.25, 0.3) is 10.0 Å². The Labute approximate surface area is 121 Å². The van der Waals surface area contributed by atoms with Crippen LogP contribution in [-0.4, -0.2) is 24.7 Å². The standard InChI is InChI=1S/C11H11Cl2N3O2S/c1-2-15-19(17,18)11-5-6-14-16(11)8-3-4-9(12)10(13)7-8/h3-7,15H,2H2,1H3. The van der Waals surface area contributed by atoms with Crippen LogP contribution in [0.25, 0.3) is 5.69 Å². The molecular formula is C11H11Cl2N3O2S. The lowest BCUT2D eigenvalue weighted by Crippen LogP contribution is -2.25. The van der Waals surface area contributed by atoms with Gasteiger partial charge in [-0.05, 0) is 24.3 Å². The van der Waals surface area contributed by atoms with Crippen molar-refractivity contribution in [3.05, 3.63) is 40.5 Å². The number of nitrogens with zero attached hydrogens (tertiary/aromatic N) is 2. The molecule has 0 aliphatic rings. The maximum absolute atomic E-state index is 12.0.